The van der Waals surface area contributed by atoms with Crippen molar-refractivity contribution in [3.63, 3.8) is 0 Å². The second-order valence-electron chi connectivity index (χ2n) is 3.60. The molecule has 1 unspecified atom stereocenters. The second kappa shape index (κ2) is 6.40. The van der Waals surface area contributed by atoms with Crippen LogP contribution in [0.3, 0.4) is 0 Å². The number of carbonyl (C=O) groups excluding carboxylic acids is 2. The molecule has 15 heavy (non-hydrogen) atoms. The number of hydrogen-bond donors (Lipinski definition) is 2. The molecule has 1 aliphatic rings. The van der Waals surface area contributed by atoms with Gasteiger partial charge in [0.2, 0.25) is 5.91 Å². The molecule has 1 aliphatic heterocycles. The van der Waals surface area contributed by atoms with Crippen molar-refractivity contribution in [3.05, 3.63) is 0 Å². The van der Waals surface area contributed by atoms with Crippen LogP contribution in [0.5, 0.6) is 0 Å². The van der Waals surface area contributed by atoms with E-state index in [4.69, 9.17) is 4.74 Å². The lowest BCUT2D eigenvalue weighted by molar-refractivity contribution is -0.147. The van der Waals surface area contributed by atoms with E-state index in [1.54, 1.807) is 0 Å². The summed E-state index contributed by atoms with van der Waals surface area (Å²) in [5, 5.41) is 5.64. The van der Waals surface area contributed by atoms with Gasteiger partial charge in [0.1, 0.15) is 6.04 Å². The predicted molar refractivity (Wildman–Crippen MR) is 55.3 cm³/mol. The van der Waals surface area contributed by atoms with E-state index in [2.05, 4.69) is 10.6 Å². The molecule has 1 saturated heterocycles. The molecular formula is C10H18N2O3. The minimum Gasteiger partial charge on any atom is -0.464 e. The number of carbonyl (C=O) groups is 2. The van der Waals surface area contributed by atoms with Crippen molar-refractivity contribution < 1.29 is 14.3 Å². The smallest absolute Gasteiger partial charge is 0.329 e. The number of nitrogens with one attached hydrogen (secondary N) is 2. The van der Waals surface area contributed by atoms with E-state index in [0.717, 1.165) is 12.8 Å². The maximum atomic E-state index is 11.5. The van der Waals surface area contributed by atoms with Gasteiger partial charge in [0, 0.05) is 19.5 Å². The third-order valence-corrected chi connectivity index (χ3v) is 2.24. The van der Waals surface area contributed by atoms with E-state index in [-0.39, 0.29) is 11.9 Å². The summed E-state index contributed by atoms with van der Waals surface area (Å²) in [4.78, 5) is 22.7. The van der Waals surface area contributed by atoms with Crippen LogP contribution in [0.25, 0.3) is 0 Å². The maximum Gasteiger partial charge on any atom is 0.329 e. The summed E-state index contributed by atoms with van der Waals surface area (Å²) in [6.07, 6.45) is 2.27. The first-order valence-corrected chi connectivity index (χ1v) is 5.40. The largest absolute Gasteiger partial charge is 0.464 e. The summed E-state index contributed by atoms with van der Waals surface area (Å²) in [5.41, 5.74) is 0. The summed E-state index contributed by atoms with van der Waals surface area (Å²) in [7, 11) is 0. The number of ether oxygens (including phenoxy) is 1. The molecule has 1 heterocycles. The summed E-state index contributed by atoms with van der Waals surface area (Å²) in [6, 6.07) is -0.531. The summed E-state index contributed by atoms with van der Waals surface area (Å²) in [5.74, 6) is -0.441. The fourth-order valence-corrected chi connectivity index (χ4v) is 1.33. The highest BCUT2D eigenvalue weighted by atomic mass is 16.5. The Morgan fingerprint density at radius 2 is 2.40 bits per heavy atom. The summed E-state index contributed by atoms with van der Waals surface area (Å²) in [6.45, 7) is 3.53. The van der Waals surface area contributed by atoms with Gasteiger partial charge in [0.15, 0.2) is 0 Å². The minimum absolute atomic E-state index is 0.0996. The normalized spacial score (nSPS) is 21.7. The molecule has 0 aromatic rings. The Bertz CT molecular complexity index is 231. The van der Waals surface area contributed by atoms with E-state index >= 15 is 0 Å². The molecule has 1 amide bonds. The minimum atomic E-state index is -0.531. The van der Waals surface area contributed by atoms with Gasteiger partial charge in [-0.05, 0) is 6.42 Å². The zero-order valence-corrected chi connectivity index (χ0v) is 9.04. The average Bonchev–Trinajstić information content (AvgIpc) is 2.43. The molecule has 1 fully saturated rings. The van der Waals surface area contributed by atoms with Crippen molar-refractivity contribution in [1.82, 2.24) is 10.6 Å². The van der Waals surface area contributed by atoms with Crippen LogP contribution in [0.4, 0.5) is 0 Å². The van der Waals surface area contributed by atoms with Gasteiger partial charge in [-0.25, -0.2) is 4.79 Å². The molecule has 86 valence electrons. The average molecular weight is 214 g/mol. The molecule has 0 aliphatic carbocycles. The van der Waals surface area contributed by atoms with Crippen LogP contribution in [0.1, 0.15) is 26.2 Å². The number of esters is 1. The quantitative estimate of drug-likeness (QED) is 0.502. The molecular weight excluding hydrogens is 196 g/mol. The number of amides is 1. The molecule has 0 aromatic heterocycles. The molecule has 0 saturated carbocycles. The van der Waals surface area contributed by atoms with Crippen molar-refractivity contribution in [2.45, 2.75) is 32.2 Å². The van der Waals surface area contributed by atoms with Crippen molar-refractivity contribution in [1.29, 1.82) is 0 Å². The van der Waals surface area contributed by atoms with E-state index in [9.17, 15) is 9.59 Å². The molecule has 1 rings (SSSR count). The predicted octanol–water partition coefficient (Wildman–Crippen LogP) is -0.192. The molecule has 5 nitrogen and oxygen atoms in total. The molecule has 2 N–H and O–H groups in total. The summed E-state index contributed by atoms with van der Waals surface area (Å²) < 4.78 is 5.03. The number of unbranched alkanes of at least 4 members (excludes halogenated alkanes) is 1. The van der Waals surface area contributed by atoms with Crippen LogP contribution in [0, 0.1) is 0 Å². The molecule has 1 atom stereocenters. The maximum absolute atomic E-state index is 11.5. The van der Waals surface area contributed by atoms with Crippen molar-refractivity contribution >= 4 is 11.9 Å². The van der Waals surface area contributed by atoms with Crippen LogP contribution in [0.15, 0.2) is 0 Å². The molecule has 5 heteroatoms. The van der Waals surface area contributed by atoms with Crippen molar-refractivity contribution in [2.24, 2.45) is 0 Å². The fourth-order valence-electron chi connectivity index (χ4n) is 1.33. The topological polar surface area (TPSA) is 67.4 Å². The van der Waals surface area contributed by atoms with Gasteiger partial charge in [-0.3, -0.25) is 4.79 Å². The van der Waals surface area contributed by atoms with E-state index < -0.39 is 6.04 Å². The van der Waals surface area contributed by atoms with Crippen LogP contribution in [-0.4, -0.2) is 37.6 Å². The van der Waals surface area contributed by atoms with Gasteiger partial charge >= 0.3 is 5.97 Å². The van der Waals surface area contributed by atoms with Gasteiger partial charge in [-0.15, -0.1) is 0 Å². The van der Waals surface area contributed by atoms with Crippen LogP contribution < -0.4 is 10.6 Å². The number of hydrogen-bond acceptors (Lipinski definition) is 4. The Labute approximate surface area is 89.6 Å². The zero-order chi connectivity index (χ0) is 11.1. The van der Waals surface area contributed by atoms with Crippen molar-refractivity contribution in [3.8, 4) is 0 Å². The Balaban J connectivity index is 2.33. The van der Waals surface area contributed by atoms with Gasteiger partial charge in [0.05, 0.1) is 6.61 Å². The lowest BCUT2D eigenvalue weighted by atomic mass is 10.3. The highest BCUT2D eigenvalue weighted by molar-refractivity contribution is 5.85. The highest BCUT2D eigenvalue weighted by Crippen LogP contribution is 1.96. The van der Waals surface area contributed by atoms with E-state index in [0.29, 0.717) is 26.1 Å². The third-order valence-electron chi connectivity index (χ3n) is 2.24. The Morgan fingerprint density at radius 3 is 3.13 bits per heavy atom. The van der Waals surface area contributed by atoms with Crippen LogP contribution in [0.2, 0.25) is 0 Å². The Morgan fingerprint density at radius 1 is 1.60 bits per heavy atom. The van der Waals surface area contributed by atoms with Crippen LogP contribution in [-0.2, 0) is 14.3 Å². The fraction of sp³-hybridized carbons (Fsp3) is 0.800. The highest BCUT2D eigenvalue weighted by Gasteiger charge is 2.23. The van der Waals surface area contributed by atoms with Crippen LogP contribution >= 0.6 is 0 Å². The molecule has 0 aromatic carbocycles. The first-order chi connectivity index (χ1) is 7.24. The van der Waals surface area contributed by atoms with Crippen molar-refractivity contribution in [2.75, 3.05) is 19.7 Å². The standard InChI is InChI=1S/C10H18N2O3/c1-2-3-6-15-10(14)8-7-11-5-4-9(13)12-8/h8,11H,2-7H2,1H3,(H,12,13). The summed E-state index contributed by atoms with van der Waals surface area (Å²) >= 11 is 0. The lowest BCUT2D eigenvalue weighted by Gasteiger charge is -2.14. The Kier molecular flexibility index (Phi) is 5.10. The second-order valence-corrected chi connectivity index (χ2v) is 3.60. The molecule has 0 bridgehead atoms. The molecule has 0 spiro atoms. The van der Waals surface area contributed by atoms with Gasteiger partial charge in [-0.1, -0.05) is 13.3 Å². The van der Waals surface area contributed by atoms with Gasteiger partial charge < -0.3 is 15.4 Å². The van der Waals surface area contributed by atoms with Gasteiger partial charge in [-0.2, -0.15) is 0 Å². The first kappa shape index (κ1) is 12.0. The lowest BCUT2D eigenvalue weighted by Crippen LogP contribution is -2.45. The van der Waals surface area contributed by atoms with E-state index in [1.807, 2.05) is 6.92 Å². The third kappa shape index (κ3) is 4.29. The zero-order valence-electron chi connectivity index (χ0n) is 9.04. The monoisotopic (exact) mass is 214 g/mol. The Hall–Kier alpha value is -1.10. The van der Waals surface area contributed by atoms with Gasteiger partial charge in [0.25, 0.3) is 0 Å². The molecule has 0 radical (unpaired) electrons. The SMILES string of the molecule is CCCCOC(=O)C1CNCCC(=O)N1. The first-order valence-electron chi connectivity index (χ1n) is 5.40. The van der Waals surface area contributed by atoms with E-state index in [1.165, 1.54) is 0 Å². The number of rotatable bonds is 4.